The third-order valence-corrected chi connectivity index (χ3v) is 6.47. The van der Waals surface area contributed by atoms with E-state index in [4.69, 9.17) is 14.5 Å². The molecule has 3 aliphatic rings. The average molecular weight is 559 g/mol. The Morgan fingerprint density at radius 2 is 1.94 bits per heavy atom. The molecule has 1 aromatic rings. The SMILES string of the molecule is CCNC(=NCc1ccnc(N2CCN(CC)CC2)c1)N1CCOC(C2CCCO2)C1.I. The first-order chi connectivity index (χ1) is 15.3. The third-order valence-electron chi connectivity index (χ3n) is 6.47. The van der Waals surface area contributed by atoms with Crippen LogP contribution < -0.4 is 10.2 Å². The number of guanidine groups is 1. The van der Waals surface area contributed by atoms with Crippen LogP contribution in [0.25, 0.3) is 0 Å². The van der Waals surface area contributed by atoms with E-state index >= 15 is 0 Å². The molecule has 3 saturated heterocycles. The maximum Gasteiger partial charge on any atom is 0.194 e. The van der Waals surface area contributed by atoms with Crippen molar-refractivity contribution in [1.82, 2.24) is 20.1 Å². The van der Waals surface area contributed by atoms with Crippen LogP contribution in [0.15, 0.2) is 23.3 Å². The molecule has 0 spiro atoms. The number of nitrogens with zero attached hydrogens (tertiary/aromatic N) is 5. The van der Waals surface area contributed by atoms with Crippen molar-refractivity contribution in [3.8, 4) is 0 Å². The van der Waals surface area contributed by atoms with Gasteiger partial charge < -0.3 is 29.5 Å². The minimum Gasteiger partial charge on any atom is -0.375 e. The molecule has 8 nitrogen and oxygen atoms in total. The molecule has 0 aromatic carbocycles. The second-order valence-electron chi connectivity index (χ2n) is 8.52. The number of hydrogen-bond donors (Lipinski definition) is 1. The van der Waals surface area contributed by atoms with E-state index < -0.39 is 0 Å². The van der Waals surface area contributed by atoms with Gasteiger partial charge in [-0.25, -0.2) is 9.98 Å². The molecular weight excluding hydrogens is 519 g/mol. The number of nitrogens with one attached hydrogen (secondary N) is 1. The lowest BCUT2D eigenvalue weighted by molar-refractivity contribution is -0.0817. The average Bonchev–Trinajstić information content (AvgIpc) is 3.37. The zero-order chi connectivity index (χ0) is 21.5. The molecule has 1 N–H and O–H groups in total. The van der Waals surface area contributed by atoms with Gasteiger partial charge in [0, 0.05) is 58.6 Å². The molecular formula is C23H39IN6O2. The lowest BCUT2D eigenvalue weighted by Crippen LogP contribution is -2.53. The molecule has 2 unspecified atom stereocenters. The lowest BCUT2D eigenvalue weighted by atomic mass is 10.1. The first kappa shape index (κ1) is 25.5. The summed E-state index contributed by atoms with van der Waals surface area (Å²) in [7, 11) is 0. The zero-order valence-electron chi connectivity index (χ0n) is 19.5. The van der Waals surface area contributed by atoms with Crippen molar-refractivity contribution < 1.29 is 9.47 Å². The Hall–Kier alpha value is -1.17. The largest absolute Gasteiger partial charge is 0.375 e. The lowest BCUT2D eigenvalue weighted by Gasteiger charge is -2.37. The first-order valence-corrected chi connectivity index (χ1v) is 12.0. The maximum atomic E-state index is 6.02. The minimum absolute atomic E-state index is 0. The van der Waals surface area contributed by atoms with Crippen molar-refractivity contribution in [2.24, 2.45) is 4.99 Å². The number of ether oxygens (including phenoxy) is 2. The molecule has 2 atom stereocenters. The molecule has 4 heterocycles. The molecule has 9 heteroatoms. The van der Waals surface area contributed by atoms with E-state index in [0.29, 0.717) is 6.54 Å². The number of halogens is 1. The normalized spacial score (nSPS) is 25.0. The summed E-state index contributed by atoms with van der Waals surface area (Å²) in [5.74, 6) is 2.03. The fourth-order valence-electron chi connectivity index (χ4n) is 4.61. The minimum atomic E-state index is 0. The van der Waals surface area contributed by atoms with E-state index in [-0.39, 0.29) is 36.2 Å². The topological polar surface area (TPSA) is 65.5 Å². The Bertz CT molecular complexity index is 722. The maximum absolute atomic E-state index is 6.02. The van der Waals surface area contributed by atoms with Crippen LogP contribution in [0.2, 0.25) is 0 Å². The van der Waals surface area contributed by atoms with Crippen LogP contribution in [0.3, 0.4) is 0 Å². The standard InChI is InChI=1S/C23H38N6O2.HI/c1-3-24-23(29-13-15-31-21(18-29)20-6-5-14-30-20)26-17-19-7-8-25-22(16-19)28-11-9-27(4-2)10-12-28;/h7-8,16,20-21H,3-6,9-15,17-18H2,1-2H3,(H,24,26);1H. The zero-order valence-corrected chi connectivity index (χ0v) is 21.9. The van der Waals surface area contributed by atoms with E-state index in [0.717, 1.165) is 90.2 Å². The van der Waals surface area contributed by atoms with Gasteiger partial charge in [0.05, 0.1) is 19.3 Å². The molecule has 4 rings (SSSR count). The van der Waals surface area contributed by atoms with Gasteiger partial charge in [-0.3, -0.25) is 0 Å². The summed E-state index contributed by atoms with van der Waals surface area (Å²) in [6, 6.07) is 4.27. The number of morpholine rings is 1. The highest BCUT2D eigenvalue weighted by Gasteiger charge is 2.32. The number of pyridine rings is 1. The van der Waals surface area contributed by atoms with Crippen molar-refractivity contribution in [3.63, 3.8) is 0 Å². The van der Waals surface area contributed by atoms with E-state index in [1.807, 2.05) is 6.20 Å². The van der Waals surface area contributed by atoms with Crippen molar-refractivity contribution in [2.75, 3.05) is 70.5 Å². The second kappa shape index (κ2) is 12.9. The van der Waals surface area contributed by atoms with Gasteiger partial charge in [0.1, 0.15) is 11.9 Å². The molecule has 32 heavy (non-hydrogen) atoms. The molecule has 0 amide bonds. The van der Waals surface area contributed by atoms with Gasteiger partial charge in [-0.1, -0.05) is 6.92 Å². The van der Waals surface area contributed by atoms with Crippen molar-refractivity contribution in [2.45, 2.75) is 45.4 Å². The van der Waals surface area contributed by atoms with E-state index in [9.17, 15) is 0 Å². The van der Waals surface area contributed by atoms with Gasteiger partial charge in [0.2, 0.25) is 0 Å². The van der Waals surface area contributed by atoms with Crippen LogP contribution in [-0.4, -0.2) is 98.5 Å². The van der Waals surface area contributed by atoms with Crippen LogP contribution in [-0.2, 0) is 16.0 Å². The molecule has 0 radical (unpaired) electrons. The van der Waals surface area contributed by atoms with E-state index in [2.05, 4.69) is 51.0 Å². The van der Waals surface area contributed by atoms with E-state index in [1.54, 1.807) is 0 Å². The Kier molecular flexibility index (Phi) is 10.3. The first-order valence-electron chi connectivity index (χ1n) is 12.0. The number of aromatic nitrogens is 1. The molecule has 3 fully saturated rings. The monoisotopic (exact) mass is 558 g/mol. The predicted octanol–water partition coefficient (Wildman–Crippen LogP) is 2.19. The molecule has 1 aromatic heterocycles. The van der Waals surface area contributed by atoms with Crippen molar-refractivity contribution >= 4 is 35.8 Å². The highest BCUT2D eigenvalue weighted by atomic mass is 127. The quantitative estimate of drug-likeness (QED) is 0.326. The Morgan fingerprint density at radius 1 is 1.12 bits per heavy atom. The summed E-state index contributed by atoms with van der Waals surface area (Å²) >= 11 is 0. The van der Waals surface area contributed by atoms with Crippen LogP contribution in [0, 0.1) is 0 Å². The van der Waals surface area contributed by atoms with Crippen molar-refractivity contribution in [3.05, 3.63) is 23.9 Å². The third kappa shape index (κ3) is 6.68. The number of likely N-dealkylation sites (N-methyl/N-ethyl adjacent to an activating group) is 1. The highest BCUT2D eigenvalue weighted by Crippen LogP contribution is 2.21. The van der Waals surface area contributed by atoms with Gasteiger partial charge >= 0.3 is 0 Å². The molecule has 0 bridgehead atoms. The fourth-order valence-corrected chi connectivity index (χ4v) is 4.61. The smallest absolute Gasteiger partial charge is 0.194 e. The Morgan fingerprint density at radius 3 is 2.66 bits per heavy atom. The van der Waals surface area contributed by atoms with Crippen LogP contribution in [0.4, 0.5) is 5.82 Å². The Balaban J connectivity index is 0.00000289. The number of anilines is 1. The van der Waals surface area contributed by atoms with Gasteiger partial charge in [-0.2, -0.15) is 0 Å². The highest BCUT2D eigenvalue weighted by molar-refractivity contribution is 14.0. The number of hydrogen-bond acceptors (Lipinski definition) is 6. The second-order valence-corrected chi connectivity index (χ2v) is 8.52. The molecule has 180 valence electrons. The van der Waals surface area contributed by atoms with Crippen LogP contribution in [0.5, 0.6) is 0 Å². The summed E-state index contributed by atoms with van der Waals surface area (Å²) in [5.41, 5.74) is 1.20. The van der Waals surface area contributed by atoms with E-state index in [1.165, 1.54) is 5.56 Å². The Labute approximate surface area is 209 Å². The molecule has 3 aliphatic heterocycles. The van der Waals surface area contributed by atoms with Gasteiger partial charge in [-0.05, 0) is 44.0 Å². The molecule has 0 saturated carbocycles. The number of rotatable bonds is 6. The molecule has 0 aliphatic carbocycles. The summed E-state index contributed by atoms with van der Waals surface area (Å²) in [6.07, 6.45) is 4.51. The van der Waals surface area contributed by atoms with Crippen LogP contribution >= 0.6 is 24.0 Å². The summed E-state index contributed by atoms with van der Waals surface area (Å²) in [6.45, 7) is 14.5. The number of aliphatic imine (C=N–C) groups is 1. The van der Waals surface area contributed by atoms with Gasteiger partial charge in [-0.15, -0.1) is 24.0 Å². The van der Waals surface area contributed by atoms with Gasteiger partial charge in [0.15, 0.2) is 5.96 Å². The number of piperazine rings is 1. The van der Waals surface area contributed by atoms with Crippen molar-refractivity contribution in [1.29, 1.82) is 0 Å². The summed E-state index contributed by atoms with van der Waals surface area (Å²) in [5, 5.41) is 3.47. The van der Waals surface area contributed by atoms with Crippen LogP contribution in [0.1, 0.15) is 32.3 Å². The summed E-state index contributed by atoms with van der Waals surface area (Å²) < 4.78 is 11.9. The summed E-state index contributed by atoms with van der Waals surface area (Å²) in [4.78, 5) is 16.8. The fraction of sp³-hybridized carbons (Fsp3) is 0.739. The van der Waals surface area contributed by atoms with Gasteiger partial charge in [0.25, 0.3) is 0 Å². The predicted molar refractivity (Wildman–Crippen MR) is 139 cm³/mol.